The molecule has 1 heterocycles. The summed E-state index contributed by atoms with van der Waals surface area (Å²) >= 11 is 0. The molecule has 0 atom stereocenters. The standard InChI is InChI=1S/C24H24N2O7/c1-15-22(24(28)33-4)19(13-16-5-8-18(9-6-16)26(29)30)23(27)25(15)12-11-17-7-10-20(31-2)21(14-17)32-3/h5-10,13-14H,11-12H2,1-4H3/b19-13-. The zero-order valence-corrected chi connectivity index (χ0v) is 18.8. The van der Waals surface area contributed by atoms with E-state index in [1.165, 1.54) is 42.4 Å². The van der Waals surface area contributed by atoms with Crippen LogP contribution in [-0.2, 0) is 20.7 Å². The zero-order valence-electron chi connectivity index (χ0n) is 18.8. The zero-order chi connectivity index (χ0) is 24.1. The van der Waals surface area contributed by atoms with Crippen LogP contribution in [0.3, 0.4) is 0 Å². The third kappa shape index (κ3) is 4.87. The molecule has 0 spiro atoms. The van der Waals surface area contributed by atoms with Crippen molar-refractivity contribution in [2.45, 2.75) is 13.3 Å². The minimum atomic E-state index is -0.623. The molecule has 0 radical (unpaired) electrons. The van der Waals surface area contributed by atoms with E-state index >= 15 is 0 Å². The number of non-ortho nitro benzene ring substituents is 1. The highest BCUT2D eigenvalue weighted by atomic mass is 16.6. The van der Waals surface area contributed by atoms with Gasteiger partial charge in [0.15, 0.2) is 11.5 Å². The number of esters is 1. The molecular weight excluding hydrogens is 428 g/mol. The summed E-state index contributed by atoms with van der Waals surface area (Å²) in [5, 5.41) is 10.9. The fourth-order valence-corrected chi connectivity index (χ4v) is 3.63. The first-order chi connectivity index (χ1) is 15.8. The molecule has 1 aliphatic rings. The van der Waals surface area contributed by atoms with Gasteiger partial charge in [0, 0.05) is 24.4 Å². The number of nitro groups is 1. The van der Waals surface area contributed by atoms with Gasteiger partial charge in [-0.2, -0.15) is 0 Å². The van der Waals surface area contributed by atoms with Crippen LogP contribution in [0.1, 0.15) is 18.1 Å². The van der Waals surface area contributed by atoms with Crippen LogP contribution in [0.5, 0.6) is 11.5 Å². The Morgan fingerprint density at radius 1 is 1.06 bits per heavy atom. The Hall–Kier alpha value is -4.14. The van der Waals surface area contributed by atoms with Crippen LogP contribution >= 0.6 is 0 Å². The molecule has 0 N–H and O–H groups in total. The summed E-state index contributed by atoms with van der Waals surface area (Å²) in [6.45, 7) is 2.02. The summed E-state index contributed by atoms with van der Waals surface area (Å²) in [7, 11) is 4.36. The average molecular weight is 452 g/mol. The van der Waals surface area contributed by atoms with Gasteiger partial charge in [-0.1, -0.05) is 6.07 Å². The summed E-state index contributed by atoms with van der Waals surface area (Å²) in [5.74, 6) is 0.231. The Bertz CT molecular complexity index is 1150. The van der Waals surface area contributed by atoms with Gasteiger partial charge in [-0.15, -0.1) is 0 Å². The quantitative estimate of drug-likeness (QED) is 0.261. The SMILES string of the molecule is COC(=O)C1=C(C)N(CCc2ccc(OC)c(OC)c2)C(=O)/C1=C\c1ccc([N+](=O)[O-])cc1. The Balaban J connectivity index is 1.89. The molecule has 33 heavy (non-hydrogen) atoms. The monoisotopic (exact) mass is 452 g/mol. The number of benzene rings is 2. The molecule has 2 aromatic rings. The molecule has 172 valence electrons. The van der Waals surface area contributed by atoms with Crippen molar-refractivity contribution in [1.29, 1.82) is 0 Å². The molecule has 3 rings (SSSR count). The van der Waals surface area contributed by atoms with Gasteiger partial charge < -0.3 is 19.1 Å². The number of nitro benzene ring substituents is 1. The smallest absolute Gasteiger partial charge is 0.340 e. The van der Waals surface area contributed by atoms with Crippen molar-refractivity contribution in [3.05, 3.63) is 80.5 Å². The Labute approximate surface area is 191 Å². The molecule has 9 heteroatoms. The van der Waals surface area contributed by atoms with Crippen LogP contribution in [0.15, 0.2) is 59.3 Å². The maximum atomic E-state index is 13.2. The first-order valence-electron chi connectivity index (χ1n) is 10.1. The highest BCUT2D eigenvalue weighted by Gasteiger charge is 2.36. The second-order valence-corrected chi connectivity index (χ2v) is 7.25. The lowest BCUT2D eigenvalue weighted by molar-refractivity contribution is -0.384. The third-order valence-electron chi connectivity index (χ3n) is 5.39. The van der Waals surface area contributed by atoms with Crippen molar-refractivity contribution in [2.24, 2.45) is 0 Å². The number of carbonyl (C=O) groups excluding carboxylic acids is 2. The molecule has 0 saturated heterocycles. The number of carbonyl (C=O) groups is 2. The fraction of sp³-hybridized carbons (Fsp3) is 0.250. The van der Waals surface area contributed by atoms with Gasteiger partial charge in [0.05, 0.1) is 37.4 Å². The largest absolute Gasteiger partial charge is 0.493 e. The van der Waals surface area contributed by atoms with Crippen LogP contribution in [0, 0.1) is 10.1 Å². The Morgan fingerprint density at radius 3 is 2.30 bits per heavy atom. The van der Waals surface area contributed by atoms with Crippen molar-refractivity contribution in [3.8, 4) is 11.5 Å². The highest BCUT2D eigenvalue weighted by Crippen LogP contribution is 2.33. The topological polar surface area (TPSA) is 108 Å². The number of amides is 1. The Kier molecular flexibility index (Phi) is 7.12. The van der Waals surface area contributed by atoms with Gasteiger partial charge in [0.1, 0.15) is 0 Å². The van der Waals surface area contributed by atoms with Crippen LogP contribution in [-0.4, -0.2) is 49.6 Å². The van der Waals surface area contributed by atoms with E-state index in [1.807, 2.05) is 12.1 Å². The van der Waals surface area contributed by atoms with Crippen LogP contribution in [0.4, 0.5) is 5.69 Å². The lowest BCUT2D eigenvalue weighted by Gasteiger charge is -2.18. The molecule has 1 aliphatic heterocycles. The van der Waals surface area contributed by atoms with E-state index in [0.717, 1.165) is 5.56 Å². The van der Waals surface area contributed by atoms with E-state index in [4.69, 9.17) is 14.2 Å². The van der Waals surface area contributed by atoms with Gasteiger partial charge >= 0.3 is 5.97 Å². The summed E-state index contributed by atoms with van der Waals surface area (Å²) in [6, 6.07) is 11.2. The molecule has 0 unspecified atom stereocenters. The molecule has 0 aliphatic carbocycles. The molecule has 9 nitrogen and oxygen atoms in total. The molecule has 0 fully saturated rings. The van der Waals surface area contributed by atoms with Crippen LogP contribution in [0.25, 0.3) is 6.08 Å². The summed E-state index contributed by atoms with van der Waals surface area (Å²) < 4.78 is 15.5. The normalized spacial score (nSPS) is 14.6. The van der Waals surface area contributed by atoms with Crippen molar-refractivity contribution < 1.29 is 28.7 Å². The van der Waals surface area contributed by atoms with Crippen molar-refractivity contribution >= 4 is 23.6 Å². The Morgan fingerprint density at radius 2 is 1.73 bits per heavy atom. The van der Waals surface area contributed by atoms with Gasteiger partial charge in [-0.25, -0.2) is 4.79 Å². The van der Waals surface area contributed by atoms with Crippen molar-refractivity contribution in [1.82, 2.24) is 4.90 Å². The summed E-state index contributed by atoms with van der Waals surface area (Å²) in [6.07, 6.45) is 2.06. The molecule has 0 aromatic heterocycles. The molecular formula is C24H24N2O7. The molecule has 2 aromatic carbocycles. The number of hydrogen-bond acceptors (Lipinski definition) is 7. The summed E-state index contributed by atoms with van der Waals surface area (Å²) in [5.41, 5.74) is 2.26. The first kappa shape index (κ1) is 23.5. The van der Waals surface area contributed by atoms with Gasteiger partial charge in [0.25, 0.3) is 11.6 Å². The van der Waals surface area contributed by atoms with Crippen molar-refractivity contribution in [2.75, 3.05) is 27.9 Å². The van der Waals surface area contributed by atoms with E-state index < -0.39 is 10.9 Å². The van der Waals surface area contributed by atoms with E-state index in [-0.39, 0.29) is 22.7 Å². The molecule has 0 saturated carbocycles. The predicted molar refractivity (Wildman–Crippen MR) is 121 cm³/mol. The number of rotatable bonds is 8. The third-order valence-corrected chi connectivity index (χ3v) is 5.39. The minimum absolute atomic E-state index is 0.0636. The van der Waals surface area contributed by atoms with E-state index in [2.05, 4.69) is 0 Å². The number of hydrogen-bond donors (Lipinski definition) is 0. The van der Waals surface area contributed by atoms with E-state index in [0.29, 0.717) is 35.7 Å². The van der Waals surface area contributed by atoms with Gasteiger partial charge in [-0.3, -0.25) is 14.9 Å². The molecule has 1 amide bonds. The van der Waals surface area contributed by atoms with E-state index in [1.54, 1.807) is 27.2 Å². The predicted octanol–water partition coefficient (Wildman–Crippen LogP) is 3.53. The lowest BCUT2D eigenvalue weighted by Crippen LogP contribution is -2.27. The maximum Gasteiger partial charge on any atom is 0.340 e. The van der Waals surface area contributed by atoms with Gasteiger partial charge in [-0.05, 0) is 54.8 Å². The van der Waals surface area contributed by atoms with Crippen LogP contribution < -0.4 is 9.47 Å². The van der Waals surface area contributed by atoms with Gasteiger partial charge in [0.2, 0.25) is 0 Å². The average Bonchev–Trinajstić information content (AvgIpc) is 3.05. The van der Waals surface area contributed by atoms with Crippen molar-refractivity contribution in [3.63, 3.8) is 0 Å². The highest BCUT2D eigenvalue weighted by molar-refractivity contribution is 6.16. The minimum Gasteiger partial charge on any atom is -0.493 e. The molecule has 0 bridgehead atoms. The second-order valence-electron chi connectivity index (χ2n) is 7.25. The maximum absolute atomic E-state index is 13.2. The van der Waals surface area contributed by atoms with E-state index in [9.17, 15) is 19.7 Å². The number of ether oxygens (including phenoxy) is 3. The second kappa shape index (κ2) is 9.99. The number of nitrogens with zero attached hydrogens (tertiary/aromatic N) is 2. The van der Waals surface area contributed by atoms with Crippen LogP contribution in [0.2, 0.25) is 0 Å². The fourth-order valence-electron chi connectivity index (χ4n) is 3.63. The lowest BCUT2D eigenvalue weighted by atomic mass is 10.0. The summed E-state index contributed by atoms with van der Waals surface area (Å²) in [4.78, 5) is 37.6. The number of allylic oxidation sites excluding steroid dienone is 1. The first-order valence-corrected chi connectivity index (χ1v) is 10.1. The number of methoxy groups -OCH3 is 3.